The Balaban J connectivity index is 0.00000101. The molecular formula is C42H38N4O10S. The molecule has 292 valence electrons. The van der Waals surface area contributed by atoms with Gasteiger partial charge in [-0.3, -0.25) is 15.1 Å². The quantitative estimate of drug-likeness (QED) is 0.0620. The highest BCUT2D eigenvalue weighted by Gasteiger charge is 2.72. The van der Waals surface area contributed by atoms with Crippen molar-refractivity contribution >= 4 is 40.7 Å². The first-order chi connectivity index (χ1) is 27.3. The third-order valence-electron chi connectivity index (χ3n) is 12.1. The molecule has 7 N–H and O–H groups in total. The van der Waals surface area contributed by atoms with Crippen molar-refractivity contribution in [3.05, 3.63) is 113 Å². The van der Waals surface area contributed by atoms with Crippen molar-refractivity contribution in [2.45, 2.75) is 61.4 Å². The molecule has 2 bridgehead atoms. The number of phenols is 3. The van der Waals surface area contributed by atoms with E-state index in [2.05, 4.69) is 22.2 Å². The van der Waals surface area contributed by atoms with Gasteiger partial charge in [0.2, 0.25) is 0 Å². The summed E-state index contributed by atoms with van der Waals surface area (Å²) in [6, 6.07) is 17.9. The molecule has 2 aliphatic carbocycles. The number of carbonyl (C=O) groups is 2. The molecule has 0 radical (unpaired) electrons. The van der Waals surface area contributed by atoms with Crippen LogP contribution in [0.3, 0.4) is 0 Å². The maximum atomic E-state index is 13.6. The van der Waals surface area contributed by atoms with E-state index in [0.29, 0.717) is 83.1 Å². The number of fused-ring (bicyclic) bond motifs is 6. The molecule has 0 amide bonds. The van der Waals surface area contributed by atoms with Crippen molar-refractivity contribution in [2.24, 2.45) is 5.10 Å². The highest BCUT2D eigenvalue weighted by atomic mass is 32.1. The van der Waals surface area contributed by atoms with E-state index in [0.717, 1.165) is 24.6 Å². The van der Waals surface area contributed by atoms with Crippen LogP contribution in [0.2, 0.25) is 0 Å². The van der Waals surface area contributed by atoms with Crippen LogP contribution in [-0.4, -0.2) is 84.0 Å². The molecule has 4 aromatic rings. The van der Waals surface area contributed by atoms with Gasteiger partial charge in [0.25, 0.3) is 5.97 Å². The van der Waals surface area contributed by atoms with Crippen LogP contribution in [0.1, 0.15) is 64.4 Å². The van der Waals surface area contributed by atoms with Gasteiger partial charge in [-0.25, -0.2) is 4.79 Å². The highest BCUT2D eigenvalue weighted by Crippen LogP contribution is 2.65. The second-order valence-electron chi connectivity index (χ2n) is 15.1. The number of rotatable bonds is 4. The SMILES string of the molecule is C=CCN1CC[C@]23c4c5ccc(O)c4O[C@H]2/C(=N/NC(=S)Nc2ccc4c(c2)C(=O)OC42c4ccc(O)cc4Oc4cc(O)ccc42)CC[C@@]3(O)[C@H]1C5.CC(=O)O. The summed E-state index contributed by atoms with van der Waals surface area (Å²) < 4.78 is 18.8. The smallest absolute Gasteiger partial charge is 0.340 e. The molecule has 4 heterocycles. The van der Waals surface area contributed by atoms with Gasteiger partial charge >= 0.3 is 5.97 Å². The van der Waals surface area contributed by atoms with Gasteiger partial charge < -0.3 is 45.1 Å². The molecule has 4 aliphatic heterocycles. The zero-order valence-corrected chi connectivity index (χ0v) is 31.4. The van der Waals surface area contributed by atoms with Crippen LogP contribution in [0.4, 0.5) is 5.69 Å². The van der Waals surface area contributed by atoms with E-state index < -0.39 is 34.7 Å². The second kappa shape index (κ2) is 12.9. The van der Waals surface area contributed by atoms with E-state index in [4.69, 9.17) is 41.4 Å². The maximum Gasteiger partial charge on any atom is 0.340 e. The molecule has 15 heteroatoms. The lowest BCUT2D eigenvalue weighted by atomic mass is 9.49. The number of carbonyl (C=O) groups excluding carboxylic acids is 1. The monoisotopic (exact) mass is 790 g/mol. The van der Waals surface area contributed by atoms with Crippen LogP contribution in [0.25, 0.3) is 0 Å². The molecular weight excluding hydrogens is 753 g/mol. The average Bonchev–Trinajstić information content (AvgIpc) is 3.66. The topological polar surface area (TPSA) is 203 Å². The predicted octanol–water partition coefficient (Wildman–Crippen LogP) is 5.15. The number of anilines is 1. The number of hydrogen-bond donors (Lipinski definition) is 7. The van der Waals surface area contributed by atoms with Crippen molar-refractivity contribution in [1.29, 1.82) is 0 Å². The number of nitrogens with zero attached hydrogens (tertiary/aromatic N) is 2. The fourth-order valence-electron chi connectivity index (χ4n) is 9.99. The average molecular weight is 791 g/mol. The van der Waals surface area contributed by atoms with Crippen molar-refractivity contribution < 1.29 is 49.3 Å². The number of nitrogens with one attached hydrogen (secondary N) is 2. The van der Waals surface area contributed by atoms with E-state index in [-0.39, 0.29) is 28.4 Å². The number of phenolic OH excluding ortho intramolecular Hbond substituents is 3. The van der Waals surface area contributed by atoms with Gasteiger partial charge in [-0.2, -0.15) is 5.10 Å². The first-order valence-electron chi connectivity index (χ1n) is 18.5. The Labute approximate surface area is 331 Å². The Morgan fingerprint density at radius 1 is 1.02 bits per heavy atom. The Kier molecular flexibility index (Phi) is 8.28. The number of aromatic hydroxyl groups is 3. The number of hydrazone groups is 1. The van der Waals surface area contributed by atoms with Crippen molar-refractivity contribution in [2.75, 3.05) is 18.4 Å². The van der Waals surface area contributed by atoms with Gasteiger partial charge in [-0.05, 0) is 85.9 Å². The van der Waals surface area contributed by atoms with Gasteiger partial charge in [0.05, 0.1) is 22.3 Å². The van der Waals surface area contributed by atoms with Gasteiger partial charge in [-0.1, -0.05) is 18.2 Å². The molecule has 2 fully saturated rings. The number of carboxylic acid groups (broad SMARTS) is 1. The van der Waals surface area contributed by atoms with Crippen LogP contribution in [0, 0.1) is 0 Å². The standard InChI is InChI=1S/C40H34N4O8S.C2H4O2/c1-2-14-44-15-13-38-33-20-3-10-29(47)34(33)51-35(38)28(11-12-39(38,49)32(44)16-20)42-43-37(53)41-21-4-7-25-24(17-21)36(48)52-40(25)26-8-5-22(45)18-30(26)50-31-19-23(46)6-9-27(31)40;1-2(3)4/h2-10,17-19,32,35,45-47,49H,1,11-16H2,(H2,41,43,53);1H3,(H,3,4)/b42-28+;/t32-,35+,38+,39-;/m1./s1. The molecule has 0 unspecified atom stereocenters. The van der Waals surface area contributed by atoms with Crippen LogP contribution >= 0.6 is 12.2 Å². The summed E-state index contributed by atoms with van der Waals surface area (Å²) in [5.74, 6) is -0.393. The fraction of sp³-hybridized carbons (Fsp3) is 0.286. The largest absolute Gasteiger partial charge is 0.508 e. The fourth-order valence-corrected chi connectivity index (χ4v) is 10.2. The third-order valence-corrected chi connectivity index (χ3v) is 12.3. The zero-order valence-electron chi connectivity index (χ0n) is 30.6. The lowest BCUT2D eigenvalue weighted by Gasteiger charge is -2.63. The van der Waals surface area contributed by atoms with Crippen LogP contribution in [0.5, 0.6) is 34.5 Å². The van der Waals surface area contributed by atoms with Gasteiger partial charge in [0.15, 0.2) is 28.3 Å². The summed E-state index contributed by atoms with van der Waals surface area (Å²) in [6.45, 7) is 6.44. The molecule has 57 heavy (non-hydrogen) atoms. The summed E-state index contributed by atoms with van der Waals surface area (Å²) in [6.07, 6.45) is 3.46. The summed E-state index contributed by atoms with van der Waals surface area (Å²) >= 11 is 5.67. The molecule has 14 nitrogen and oxygen atoms in total. The number of benzene rings is 4. The summed E-state index contributed by atoms with van der Waals surface area (Å²) in [5, 5.41) is 59.4. The number of aliphatic carboxylic acids is 1. The van der Waals surface area contributed by atoms with E-state index in [9.17, 15) is 25.2 Å². The minimum atomic E-state index is -1.38. The van der Waals surface area contributed by atoms with Crippen molar-refractivity contribution in [3.63, 3.8) is 0 Å². The van der Waals surface area contributed by atoms with Gasteiger partial charge in [-0.15, -0.1) is 6.58 Å². The number of piperidine rings is 1. The molecule has 4 aromatic carbocycles. The number of hydrogen-bond acceptors (Lipinski definition) is 12. The Bertz CT molecular complexity index is 2420. The number of aliphatic hydroxyl groups is 1. The lowest BCUT2D eigenvalue weighted by molar-refractivity contribution is -0.163. The summed E-state index contributed by atoms with van der Waals surface area (Å²) in [5.41, 5.74) is 4.80. The van der Waals surface area contributed by atoms with E-state index >= 15 is 0 Å². The van der Waals surface area contributed by atoms with Crippen LogP contribution < -0.4 is 20.2 Å². The molecule has 2 spiro atoms. The summed E-state index contributed by atoms with van der Waals surface area (Å²) in [7, 11) is 0. The number of ether oxygens (including phenoxy) is 3. The first-order valence-corrected chi connectivity index (χ1v) is 18.9. The third kappa shape index (κ3) is 5.22. The molecule has 0 aromatic heterocycles. The minimum Gasteiger partial charge on any atom is -0.508 e. The van der Waals surface area contributed by atoms with E-state index in [1.807, 2.05) is 12.1 Å². The Hall–Kier alpha value is -6.16. The Morgan fingerprint density at radius 2 is 1.70 bits per heavy atom. The predicted molar refractivity (Wildman–Crippen MR) is 210 cm³/mol. The lowest BCUT2D eigenvalue weighted by Crippen LogP contribution is -2.76. The van der Waals surface area contributed by atoms with E-state index in [1.54, 1.807) is 36.4 Å². The molecule has 1 saturated heterocycles. The summed E-state index contributed by atoms with van der Waals surface area (Å²) in [4.78, 5) is 24.9. The molecule has 10 rings (SSSR count). The van der Waals surface area contributed by atoms with E-state index in [1.165, 1.54) is 24.3 Å². The van der Waals surface area contributed by atoms with Crippen molar-refractivity contribution in [3.8, 4) is 34.5 Å². The second-order valence-corrected chi connectivity index (χ2v) is 15.5. The van der Waals surface area contributed by atoms with Crippen molar-refractivity contribution in [1.82, 2.24) is 10.3 Å². The normalized spacial score (nSPS) is 25.6. The number of thiocarbonyl (C=S) groups is 1. The highest BCUT2D eigenvalue weighted by molar-refractivity contribution is 7.80. The number of esters is 1. The van der Waals surface area contributed by atoms with Gasteiger partial charge in [0, 0.05) is 66.1 Å². The van der Waals surface area contributed by atoms with Crippen LogP contribution in [-0.2, 0) is 27.0 Å². The maximum absolute atomic E-state index is 13.6. The first kappa shape index (κ1) is 36.5. The molecule has 6 aliphatic rings. The molecule has 1 saturated carbocycles. The number of likely N-dealkylation sites (tertiary alicyclic amines) is 1. The molecule has 4 atom stereocenters. The Morgan fingerprint density at radius 3 is 2.39 bits per heavy atom. The number of carboxylic acids is 1. The van der Waals surface area contributed by atoms with Crippen LogP contribution in [0.15, 0.2) is 84.5 Å². The minimum absolute atomic E-state index is 0.0245. The zero-order chi connectivity index (χ0) is 40.0. The van der Waals surface area contributed by atoms with Gasteiger partial charge in [0.1, 0.15) is 23.0 Å².